The molecule has 0 bridgehead atoms. The SMILES string of the molecule is C=C(C)C(=O)OCCOCC=[OH+]. The van der Waals surface area contributed by atoms with E-state index in [1.54, 1.807) is 6.92 Å². The van der Waals surface area contributed by atoms with Gasteiger partial charge in [-0.1, -0.05) is 6.58 Å². The number of carbonyl (C=O) groups excluding carboxylic acids is 2. The summed E-state index contributed by atoms with van der Waals surface area (Å²) in [5.41, 5.74) is 0.365. The van der Waals surface area contributed by atoms with Crippen LogP contribution < -0.4 is 0 Å². The van der Waals surface area contributed by atoms with Crippen LogP contribution in [0.4, 0.5) is 0 Å². The minimum Gasteiger partial charge on any atom is -0.460 e. The third-order valence-electron chi connectivity index (χ3n) is 1.00. The molecule has 0 aromatic carbocycles. The molecule has 0 saturated carbocycles. The highest BCUT2D eigenvalue weighted by molar-refractivity contribution is 5.86. The van der Waals surface area contributed by atoms with Gasteiger partial charge >= 0.3 is 12.3 Å². The molecule has 0 aliphatic heterocycles. The van der Waals surface area contributed by atoms with Crippen LogP contribution in [0.5, 0.6) is 0 Å². The molecule has 68 valence electrons. The summed E-state index contributed by atoms with van der Waals surface area (Å²) in [5.74, 6) is -0.424. The van der Waals surface area contributed by atoms with Crippen LogP contribution >= 0.6 is 0 Å². The molecule has 0 aromatic heterocycles. The Morgan fingerprint density at radius 2 is 2.25 bits per heavy atom. The Kier molecular flexibility index (Phi) is 5.91. The first-order chi connectivity index (χ1) is 5.68. The second-order valence-corrected chi connectivity index (χ2v) is 2.17. The van der Waals surface area contributed by atoms with Crippen LogP contribution in [0.1, 0.15) is 6.92 Å². The van der Waals surface area contributed by atoms with E-state index in [-0.39, 0.29) is 19.8 Å². The van der Waals surface area contributed by atoms with E-state index in [2.05, 4.69) is 6.58 Å². The molecule has 0 rings (SSSR count). The van der Waals surface area contributed by atoms with Crippen molar-refractivity contribution in [1.29, 1.82) is 0 Å². The number of ether oxygens (including phenoxy) is 2. The second-order valence-electron chi connectivity index (χ2n) is 2.17. The molecule has 4 heteroatoms. The molecule has 0 aromatic rings. The maximum absolute atomic E-state index is 10.7. The Bertz CT molecular complexity index is 174. The number of hydrogen-bond donors (Lipinski definition) is 0. The normalized spacial score (nSPS) is 9.08. The Morgan fingerprint density at radius 1 is 1.58 bits per heavy atom. The fourth-order valence-corrected chi connectivity index (χ4v) is 0.453. The van der Waals surface area contributed by atoms with Gasteiger partial charge in [0.15, 0.2) is 6.61 Å². The van der Waals surface area contributed by atoms with Gasteiger partial charge in [0.2, 0.25) is 0 Å². The predicted molar refractivity (Wildman–Crippen MR) is 44.6 cm³/mol. The summed E-state index contributed by atoms with van der Waals surface area (Å²) in [6.07, 6.45) is 0.889. The van der Waals surface area contributed by atoms with Crippen molar-refractivity contribution in [1.82, 2.24) is 0 Å². The minimum atomic E-state index is -0.424. The van der Waals surface area contributed by atoms with Crippen molar-refractivity contribution >= 4 is 12.3 Å². The predicted octanol–water partition coefficient (Wildman–Crippen LogP) is 0.297. The number of carbonyl (C=O) groups is 1. The average molecular weight is 173 g/mol. The zero-order valence-corrected chi connectivity index (χ0v) is 7.08. The summed E-state index contributed by atoms with van der Waals surface area (Å²) in [6.45, 7) is 5.58. The highest BCUT2D eigenvalue weighted by Crippen LogP contribution is 1.91. The Balaban J connectivity index is 3.25. The number of aldehydes is 1. The fraction of sp³-hybridized carbons (Fsp3) is 0.500. The summed E-state index contributed by atoms with van der Waals surface area (Å²) in [7, 11) is 0. The van der Waals surface area contributed by atoms with Gasteiger partial charge in [-0.2, -0.15) is 0 Å². The molecule has 0 radical (unpaired) electrons. The summed E-state index contributed by atoms with van der Waals surface area (Å²) >= 11 is 0. The van der Waals surface area contributed by atoms with E-state index in [1.807, 2.05) is 0 Å². The first kappa shape index (κ1) is 10.8. The van der Waals surface area contributed by atoms with Crippen LogP contribution in [-0.2, 0) is 14.3 Å². The molecule has 0 unspecified atom stereocenters. The zero-order valence-electron chi connectivity index (χ0n) is 7.08. The van der Waals surface area contributed by atoms with Crippen molar-refractivity contribution < 1.29 is 19.1 Å². The topological polar surface area (TPSA) is 56.9 Å². The summed E-state index contributed by atoms with van der Waals surface area (Å²) < 4.78 is 9.49. The maximum atomic E-state index is 10.7. The lowest BCUT2D eigenvalue weighted by Gasteiger charge is -2.02. The van der Waals surface area contributed by atoms with Crippen LogP contribution in [0.25, 0.3) is 0 Å². The molecule has 4 nitrogen and oxygen atoms in total. The maximum Gasteiger partial charge on any atom is 0.333 e. The van der Waals surface area contributed by atoms with Crippen LogP contribution in [0.2, 0.25) is 0 Å². The smallest absolute Gasteiger partial charge is 0.333 e. The van der Waals surface area contributed by atoms with E-state index in [1.165, 1.54) is 0 Å². The summed E-state index contributed by atoms with van der Waals surface area (Å²) in [6, 6.07) is 0. The van der Waals surface area contributed by atoms with Gasteiger partial charge in [-0.3, -0.25) is 4.79 Å². The van der Waals surface area contributed by atoms with Crippen LogP contribution in [0, 0.1) is 0 Å². The van der Waals surface area contributed by atoms with Gasteiger partial charge in [-0.25, -0.2) is 4.79 Å². The zero-order chi connectivity index (χ0) is 9.40. The molecule has 0 saturated heterocycles. The van der Waals surface area contributed by atoms with Crippen molar-refractivity contribution in [3.8, 4) is 0 Å². The van der Waals surface area contributed by atoms with Gasteiger partial charge < -0.3 is 9.47 Å². The highest BCUT2D eigenvalue weighted by Gasteiger charge is 2.01. The Hall–Kier alpha value is -1.16. The lowest BCUT2D eigenvalue weighted by atomic mass is 10.4. The number of rotatable bonds is 6. The van der Waals surface area contributed by atoms with Crippen LogP contribution in [0.15, 0.2) is 12.2 Å². The van der Waals surface area contributed by atoms with E-state index < -0.39 is 5.97 Å². The average Bonchev–Trinajstić information content (AvgIpc) is 2.03. The summed E-state index contributed by atoms with van der Waals surface area (Å²) in [4.78, 5) is 18.9. The first-order valence-electron chi connectivity index (χ1n) is 3.54. The molecular formula is C8H13O4+. The Labute approximate surface area is 71.2 Å². The monoisotopic (exact) mass is 173 g/mol. The van der Waals surface area contributed by atoms with Gasteiger partial charge in [0, 0.05) is 5.57 Å². The standard InChI is InChI=1S/C8H12O4/c1-7(2)8(10)12-6-5-11-4-3-9/h3H,1,4-6H2,2H3/p+1. The molecule has 1 N–H and O–H groups in total. The molecule has 0 aliphatic rings. The van der Waals surface area contributed by atoms with Crippen molar-refractivity contribution in [2.24, 2.45) is 0 Å². The molecule has 0 fully saturated rings. The first-order valence-corrected chi connectivity index (χ1v) is 3.54. The largest absolute Gasteiger partial charge is 0.460 e. The van der Waals surface area contributed by atoms with Crippen molar-refractivity contribution in [3.05, 3.63) is 12.2 Å². The third-order valence-corrected chi connectivity index (χ3v) is 1.00. The fourth-order valence-electron chi connectivity index (χ4n) is 0.453. The van der Waals surface area contributed by atoms with Gasteiger partial charge in [-0.15, -0.1) is 0 Å². The molecule has 0 spiro atoms. The van der Waals surface area contributed by atoms with Crippen LogP contribution in [-0.4, -0.2) is 36.9 Å². The van der Waals surface area contributed by atoms with E-state index >= 15 is 0 Å². The van der Waals surface area contributed by atoms with Gasteiger partial charge in [0.1, 0.15) is 6.61 Å². The molecule has 0 amide bonds. The highest BCUT2D eigenvalue weighted by atomic mass is 16.6. The van der Waals surface area contributed by atoms with Crippen molar-refractivity contribution in [2.45, 2.75) is 6.92 Å². The lowest BCUT2D eigenvalue weighted by molar-refractivity contribution is -0.140. The quantitative estimate of drug-likeness (QED) is 0.191. The third kappa shape index (κ3) is 5.61. The molecule has 0 atom stereocenters. The van der Waals surface area contributed by atoms with Gasteiger partial charge in [0.05, 0.1) is 6.61 Å². The van der Waals surface area contributed by atoms with Crippen LogP contribution in [0.3, 0.4) is 0 Å². The van der Waals surface area contributed by atoms with Gasteiger partial charge in [-0.05, 0) is 6.92 Å². The minimum absolute atomic E-state index is 0.143. The van der Waals surface area contributed by atoms with E-state index in [0.29, 0.717) is 5.57 Å². The van der Waals surface area contributed by atoms with E-state index in [9.17, 15) is 4.79 Å². The lowest BCUT2D eigenvalue weighted by Crippen LogP contribution is -2.11. The Morgan fingerprint density at radius 3 is 2.75 bits per heavy atom. The molecule has 0 heterocycles. The van der Waals surface area contributed by atoms with E-state index in [0.717, 1.165) is 6.29 Å². The molecule has 12 heavy (non-hydrogen) atoms. The molecular weight excluding hydrogens is 160 g/mol. The van der Waals surface area contributed by atoms with Crippen molar-refractivity contribution in [2.75, 3.05) is 19.8 Å². The van der Waals surface area contributed by atoms with Gasteiger partial charge in [0.25, 0.3) is 0 Å². The number of esters is 1. The summed E-state index contributed by atoms with van der Waals surface area (Å²) in [5, 5.41) is 0. The van der Waals surface area contributed by atoms with E-state index in [4.69, 9.17) is 14.3 Å². The second kappa shape index (κ2) is 6.54. The van der Waals surface area contributed by atoms with Crippen molar-refractivity contribution in [3.63, 3.8) is 0 Å². The number of hydrogen-bond acceptors (Lipinski definition) is 3. The molecule has 0 aliphatic carbocycles.